The summed E-state index contributed by atoms with van der Waals surface area (Å²) in [6.45, 7) is 3.35. The highest BCUT2D eigenvalue weighted by atomic mass is 16.5. The van der Waals surface area contributed by atoms with Crippen LogP contribution in [0, 0.1) is 0 Å². The molecule has 0 bridgehead atoms. The molecule has 0 amide bonds. The molecule has 3 heterocycles. The first-order valence-corrected chi connectivity index (χ1v) is 13.0. The zero-order valence-corrected chi connectivity index (χ0v) is 20.6. The summed E-state index contributed by atoms with van der Waals surface area (Å²) in [5.74, 6) is 0. The average Bonchev–Trinajstić information content (AvgIpc) is 3.55. The molecule has 2 atom stereocenters. The molecule has 2 aromatic heterocycles. The Hall–Kier alpha value is -4.00. The molecule has 6 nitrogen and oxygen atoms in total. The van der Waals surface area contributed by atoms with E-state index in [1.807, 2.05) is 12.1 Å². The molecule has 1 fully saturated rings. The Balaban J connectivity index is 1.46. The molecule has 6 heteroatoms. The third-order valence-corrected chi connectivity index (χ3v) is 7.68. The molecule has 37 heavy (non-hydrogen) atoms. The van der Waals surface area contributed by atoms with E-state index in [2.05, 4.69) is 110 Å². The van der Waals surface area contributed by atoms with Crippen molar-refractivity contribution in [2.24, 2.45) is 0 Å². The van der Waals surface area contributed by atoms with E-state index in [4.69, 9.17) is 9.95 Å². The summed E-state index contributed by atoms with van der Waals surface area (Å²) in [5, 5.41) is 11.8. The van der Waals surface area contributed by atoms with Crippen LogP contribution in [-0.4, -0.2) is 50.8 Å². The van der Waals surface area contributed by atoms with Gasteiger partial charge in [-0.25, -0.2) is 4.68 Å². The second kappa shape index (κ2) is 9.47. The first-order valence-electron chi connectivity index (χ1n) is 13.0. The summed E-state index contributed by atoms with van der Waals surface area (Å²) in [5.41, 5.74) is 5.70. The summed E-state index contributed by atoms with van der Waals surface area (Å²) >= 11 is 0. The van der Waals surface area contributed by atoms with Crippen molar-refractivity contribution in [2.75, 3.05) is 26.3 Å². The molecular formula is C31H29N5O. The topological polar surface area (TPSA) is 48.1 Å². The highest BCUT2D eigenvalue weighted by molar-refractivity contribution is 6.08. The van der Waals surface area contributed by atoms with Crippen molar-refractivity contribution < 1.29 is 4.74 Å². The monoisotopic (exact) mass is 487 g/mol. The Kier molecular flexibility index (Phi) is 5.68. The number of rotatable bonds is 6. The van der Waals surface area contributed by atoms with E-state index in [0.29, 0.717) is 0 Å². The molecule has 0 aliphatic carbocycles. The lowest BCUT2D eigenvalue weighted by atomic mass is 9.99. The van der Waals surface area contributed by atoms with E-state index in [-0.39, 0.29) is 12.2 Å². The number of nitrogens with zero attached hydrogens (tertiary/aromatic N) is 5. The number of aromatic nitrogens is 4. The quantitative estimate of drug-likeness (QED) is 0.287. The maximum atomic E-state index is 5.73. The van der Waals surface area contributed by atoms with Crippen LogP contribution in [0.2, 0.25) is 0 Å². The third-order valence-electron chi connectivity index (χ3n) is 7.68. The van der Waals surface area contributed by atoms with Gasteiger partial charge >= 0.3 is 0 Å². The highest BCUT2D eigenvalue weighted by Gasteiger charge is 2.30. The van der Waals surface area contributed by atoms with Crippen molar-refractivity contribution in [3.05, 3.63) is 109 Å². The van der Waals surface area contributed by atoms with E-state index >= 15 is 0 Å². The molecule has 1 aliphatic heterocycles. The van der Waals surface area contributed by atoms with Gasteiger partial charge in [0.2, 0.25) is 0 Å². The van der Waals surface area contributed by atoms with Gasteiger partial charge in [0.1, 0.15) is 11.7 Å². The van der Waals surface area contributed by atoms with Crippen LogP contribution in [0.3, 0.4) is 0 Å². The van der Waals surface area contributed by atoms with Gasteiger partial charge in [0.05, 0.1) is 29.8 Å². The first kappa shape index (κ1) is 22.2. The number of ether oxygens (including phenoxy) is 1. The third kappa shape index (κ3) is 3.89. The van der Waals surface area contributed by atoms with Crippen molar-refractivity contribution >= 4 is 32.8 Å². The number of morpholine rings is 1. The van der Waals surface area contributed by atoms with Crippen LogP contribution < -0.4 is 0 Å². The summed E-state index contributed by atoms with van der Waals surface area (Å²) in [6, 6.07) is 36.8. The molecule has 0 radical (unpaired) electrons. The molecule has 1 aliphatic rings. The van der Waals surface area contributed by atoms with Crippen LogP contribution in [0.15, 0.2) is 103 Å². The minimum atomic E-state index is -0.0785. The molecular weight excluding hydrogens is 458 g/mol. The number of para-hydroxylation sites is 3. The summed E-state index contributed by atoms with van der Waals surface area (Å²) in [4.78, 5) is 2.57. The second-order valence-electron chi connectivity index (χ2n) is 9.72. The standard InChI is InChI=1S/C31H29N5O/c1-2-10-23(11-3-1)30(34-18-20-37-21-19-34)22-31(36-29-17-9-6-14-26(29)32-33-36)35-27-15-7-4-12-24(27)25-13-5-8-16-28(25)35/h1-17,30-31H,18-22H2/t30-,31+/m0/s1. The normalized spacial score (nSPS) is 16.4. The fourth-order valence-corrected chi connectivity index (χ4v) is 5.96. The maximum absolute atomic E-state index is 5.73. The van der Waals surface area contributed by atoms with Crippen LogP contribution in [-0.2, 0) is 4.74 Å². The van der Waals surface area contributed by atoms with Gasteiger partial charge in [-0.15, -0.1) is 5.10 Å². The fourth-order valence-electron chi connectivity index (χ4n) is 5.96. The Morgan fingerprint density at radius 2 is 1.27 bits per heavy atom. The molecule has 1 saturated heterocycles. The predicted molar refractivity (Wildman–Crippen MR) is 148 cm³/mol. The largest absolute Gasteiger partial charge is 0.379 e. The minimum Gasteiger partial charge on any atom is -0.379 e. The Morgan fingerprint density at radius 3 is 1.97 bits per heavy atom. The number of fused-ring (bicyclic) bond motifs is 4. The molecule has 6 aromatic rings. The molecule has 0 spiro atoms. The summed E-state index contributed by atoms with van der Waals surface area (Å²) in [7, 11) is 0. The van der Waals surface area contributed by atoms with Crippen molar-refractivity contribution in [1.82, 2.24) is 24.5 Å². The Morgan fingerprint density at radius 1 is 0.676 bits per heavy atom. The van der Waals surface area contributed by atoms with Gasteiger partial charge in [-0.2, -0.15) is 0 Å². The van der Waals surface area contributed by atoms with Crippen molar-refractivity contribution in [2.45, 2.75) is 18.6 Å². The van der Waals surface area contributed by atoms with Crippen LogP contribution in [0.25, 0.3) is 32.8 Å². The van der Waals surface area contributed by atoms with Crippen molar-refractivity contribution in [3.8, 4) is 0 Å². The lowest BCUT2D eigenvalue weighted by Gasteiger charge is -2.37. The van der Waals surface area contributed by atoms with E-state index in [9.17, 15) is 0 Å². The van der Waals surface area contributed by atoms with Gasteiger partial charge in [-0.1, -0.05) is 84.1 Å². The molecule has 0 saturated carbocycles. The highest BCUT2D eigenvalue weighted by Crippen LogP contribution is 2.38. The number of hydrogen-bond acceptors (Lipinski definition) is 4. The SMILES string of the molecule is c1ccc([C@H](C[C@@H](n2nnc3ccccc32)n2c3ccccc3c3ccccc32)N2CCOCC2)cc1. The Labute approximate surface area is 215 Å². The average molecular weight is 488 g/mol. The fraction of sp³-hybridized carbons (Fsp3) is 0.226. The predicted octanol–water partition coefficient (Wildman–Crippen LogP) is 6.05. The zero-order chi connectivity index (χ0) is 24.6. The molecule has 4 aromatic carbocycles. The van der Waals surface area contributed by atoms with Gasteiger partial charge in [-0.05, 0) is 29.8 Å². The lowest BCUT2D eigenvalue weighted by molar-refractivity contribution is 0.0100. The van der Waals surface area contributed by atoms with E-state index in [1.54, 1.807) is 0 Å². The van der Waals surface area contributed by atoms with Gasteiger partial charge in [0, 0.05) is 36.3 Å². The van der Waals surface area contributed by atoms with Crippen molar-refractivity contribution in [1.29, 1.82) is 0 Å². The van der Waals surface area contributed by atoms with Crippen LogP contribution in [0.4, 0.5) is 0 Å². The summed E-state index contributed by atoms with van der Waals surface area (Å²) in [6.07, 6.45) is 0.769. The molecule has 7 rings (SSSR count). The number of hydrogen-bond donors (Lipinski definition) is 0. The first-order chi connectivity index (χ1) is 18.4. The lowest BCUT2D eigenvalue weighted by Crippen LogP contribution is -2.40. The van der Waals surface area contributed by atoms with Gasteiger partial charge in [0.25, 0.3) is 0 Å². The van der Waals surface area contributed by atoms with Crippen LogP contribution in [0.1, 0.15) is 24.2 Å². The number of benzene rings is 4. The van der Waals surface area contributed by atoms with Crippen molar-refractivity contribution in [3.63, 3.8) is 0 Å². The maximum Gasteiger partial charge on any atom is 0.131 e. The zero-order valence-electron chi connectivity index (χ0n) is 20.6. The van der Waals surface area contributed by atoms with E-state index < -0.39 is 0 Å². The van der Waals surface area contributed by atoms with Crippen LogP contribution in [0.5, 0.6) is 0 Å². The molecule has 0 unspecified atom stereocenters. The second-order valence-corrected chi connectivity index (χ2v) is 9.72. The molecule has 0 N–H and O–H groups in total. The smallest absolute Gasteiger partial charge is 0.131 e. The minimum absolute atomic E-state index is 0.0785. The van der Waals surface area contributed by atoms with E-state index in [1.165, 1.54) is 27.4 Å². The van der Waals surface area contributed by atoms with Gasteiger partial charge in [0.15, 0.2) is 0 Å². The summed E-state index contributed by atoms with van der Waals surface area (Å²) < 4.78 is 10.3. The van der Waals surface area contributed by atoms with Gasteiger partial charge in [-0.3, -0.25) is 4.90 Å². The van der Waals surface area contributed by atoms with Crippen LogP contribution >= 0.6 is 0 Å². The van der Waals surface area contributed by atoms with Gasteiger partial charge < -0.3 is 9.30 Å². The molecule has 184 valence electrons. The Bertz CT molecular complexity index is 1610. The van der Waals surface area contributed by atoms with E-state index in [0.717, 1.165) is 43.8 Å².